The second-order valence-electron chi connectivity index (χ2n) is 5.38. The summed E-state index contributed by atoms with van der Waals surface area (Å²) in [4.78, 5) is 23.0. The number of aliphatic carboxylic acids is 1. The van der Waals surface area contributed by atoms with E-state index in [-0.39, 0.29) is 12.0 Å². The lowest BCUT2D eigenvalue weighted by atomic mass is 10.0. The Morgan fingerprint density at radius 3 is 2.33 bits per heavy atom. The molecule has 0 spiro atoms. The van der Waals surface area contributed by atoms with E-state index in [1.54, 1.807) is 13.0 Å². The molecule has 6 heteroatoms. The number of rotatable bonds is 6. The van der Waals surface area contributed by atoms with Gasteiger partial charge in [-0.15, -0.1) is 0 Å². The molecule has 1 aromatic carbocycles. The number of benzene rings is 1. The van der Waals surface area contributed by atoms with E-state index in [2.05, 4.69) is 10.6 Å². The van der Waals surface area contributed by atoms with Crippen LogP contribution in [0.2, 0.25) is 5.02 Å². The van der Waals surface area contributed by atoms with Crippen LogP contribution in [0.3, 0.4) is 0 Å². The van der Waals surface area contributed by atoms with Gasteiger partial charge in [0.05, 0.1) is 6.04 Å². The molecule has 116 valence electrons. The van der Waals surface area contributed by atoms with Gasteiger partial charge in [-0.25, -0.2) is 9.59 Å². The minimum atomic E-state index is -1.04. The van der Waals surface area contributed by atoms with Crippen molar-refractivity contribution in [3.05, 3.63) is 34.9 Å². The van der Waals surface area contributed by atoms with Crippen LogP contribution >= 0.6 is 11.6 Å². The molecule has 0 saturated carbocycles. The Labute approximate surface area is 129 Å². The first kappa shape index (κ1) is 17.3. The third-order valence-corrected chi connectivity index (χ3v) is 3.37. The molecule has 3 N–H and O–H groups in total. The quantitative estimate of drug-likeness (QED) is 0.754. The number of carboxylic acids is 1. The van der Waals surface area contributed by atoms with Crippen LogP contribution in [0, 0.1) is 5.92 Å². The molecule has 2 atom stereocenters. The second kappa shape index (κ2) is 7.88. The van der Waals surface area contributed by atoms with E-state index in [0.29, 0.717) is 11.4 Å². The normalized spacial score (nSPS) is 13.6. The van der Waals surface area contributed by atoms with Crippen LogP contribution in [0.5, 0.6) is 0 Å². The molecule has 0 aliphatic heterocycles. The fourth-order valence-electron chi connectivity index (χ4n) is 1.99. The summed E-state index contributed by atoms with van der Waals surface area (Å²) in [5.41, 5.74) is 0.782. The molecule has 21 heavy (non-hydrogen) atoms. The van der Waals surface area contributed by atoms with Crippen molar-refractivity contribution in [2.24, 2.45) is 5.92 Å². The minimum absolute atomic E-state index is 0.174. The number of halogens is 1. The first-order chi connectivity index (χ1) is 9.81. The predicted molar refractivity (Wildman–Crippen MR) is 82.4 cm³/mol. The first-order valence-corrected chi connectivity index (χ1v) is 7.23. The monoisotopic (exact) mass is 312 g/mol. The van der Waals surface area contributed by atoms with Gasteiger partial charge in [0.1, 0.15) is 6.04 Å². The number of nitrogens with one attached hydrogen (secondary N) is 2. The fourth-order valence-corrected chi connectivity index (χ4v) is 2.29. The molecule has 0 saturated heterocycles. The maximum Gasteiger partial charge on any atom is 0.326 e. The Bertz CT molecular complexity index is 505. The second-order valence-corrected chi connectivity index (χ2v) is 5.79. The molecule has 0 radical (unpaired) electrons. The lowest BCUT2D eigenvalue weighted by Gasteiger charge is -2.20. The van der Waals surface area contributed by atoms with Crippen molar-refractivity contribution in [3.63, 3.8) is 0 Å². The summed E-state index contributed by atoms with van der Waals surface area (Å²) in [6, 6.07) is 5.46. The maximum absolute atomic E-state index is 11.9. The molecule has 1 unspecified atom stereocenters. The van der Waals surface area contributed by atoms with Crippen LogP contribution in [-0.2, 0) is 4.79 Å². The standard InChI is InChI=1S/C15H21ClN2O3/c1-9(2)8-13(14(19)20)18-15(21)17-10(3)11-6-4-5-7-12(11)16/h4-7,9-10,13H,8H2,1-3H3,(H,19,20)(H2,17,18,21)/t10?,13-/m1/s1. The molecule has 0 aliphatic carbocycles. The van der Waals surface area contributed by atoms with Gasteiger partial charge in [0, 0.05) is 5.02 Å². The Hall–Kier alpha value is -1.75. The van der Waals surface area contributed by atoms with Crippen molar-refractivity contribution >= 4 is 23.6 Å². The molecular weight excluding hydrogens is 292 g/mol. The van der Waals surface area contributed by atoms with E-state index in [1.165, 1.54) is 0 Å². The highest BCUT2D eigenvalue weighted by molar-refractivity contribution is 6.31. The Morgan fingerprint density at radius 1 is 1.19 bits per heavy atom. The molecule has 0 aromatic heterocycles. The van der Waals surface area contributed by atoms with Crippen molar-refractivity contribution in [1.29, 1.82) is 0 Å². The van der Waals surface area contributed by atoms with Gasteiger partial charge in [-0.3, -0.25) is 0 Å². The SMILES string of the molecule is CC(C)C[C@@H](NC(=O)NC(C)c1ccccc1Cl)C(=O)O. The number of amides is 2. The lowest BCUT2D eigenvalue weighted by molar-refractivity contribution is -0.139. The zero-order valence-corrected chi connectivity index (χ0v) is 13.1. The van der Waals surface area contributed by atoms with Crippen LogP contribution in [-0.4, -0.2) is 23.1 Å². The summed E-state index contributed by atoms with van der Waals surface area (Å²) in [5.74, 6) is -0.864. The summed E-state index contributed by atoms with van der Waals surface area (Å²) in [5, 5.41) is 14.8. The summed E-state index contributed by atoms with van der Waals surface area (Å²) in [7, 11) is 0. The average molecular weight is 313 g/mol. The summed E-state index contributed by atoms with van der Waals surface area (Å²) in [6.07, 6.45) is 0.378. The van der Waals surface area contributed by atoms with E-state index in [9.17, 15) is 9.59 Å². The Balaban J connectivity index is 2.64. The number of hydrogen-bond acceptors (Lipinski definition) is 2. The highest BCUT2D eigenvalue weighted by atomic mass is 35.5. The zero-order chi connectivity index (χ0) is 16.0. The van der Waals surface area contributed by atoms with Crippen molar-refractivity contribution in [2.75, 3.05) is 0 Å². The van der Waals surface area contributed by atoms with E-state index in [4.69, 9.17) is 16.7 Å². The van der Waals surface area contributed by atoms with Gasteiger partial charge >= 0.3 is 12.0 Å². The molecule has 1 rings (SSSR count). The van der Waals surface area contributed by atoms with Crippen molar-refractivity contribution in [1.82, 2.24) is 10.6 Å². The zero-order valence-electron chi connectivity index (χ0n) is 12.4. The predicted octanol–water partition coefficient (Wildman–Crippen LogP) is 3.20. The topological polar surface area (TPSA) is 78.4 Å². The van der Waals surface area contributed by atoms with E-state index in [1.807, 2.05) is 32.0 Å². The number of carboxylic acid groups (broad SMARTS) is 1. The van der Waals surface area contributed by atoms with Crippen molar-refractivity contribution < 1.29 is 14.7 Å². The molecule has 0 heterocycles. The van der Waals surface area contributed by atoms with Gasteiger partial charge in [-0.05, 0) is 30.9 Å². The van der Waals surface area contributed by atoms with Crippen LogP contribution in [0.4, 0.5) is 4.79 Å². The van der Waals surface area contributed by atoms with Crippen molar-refractivity contribution in [3.8, 4) is 0 Å². The first-order valence-electron chi connectivity index (χ1n) is 6.85. The molecule has 5 nitrogen and oxygen atoms in total. The number of carbonyl (C=O) groups is 2. The van der Waals surface area contributed by atoms with Crippen molar-refractivity contribution in [2.45, 2.75) is 39.3 Å². The van der Waals surface area contributed by atoms with Gasteiger partial charge in [0.2, 0.25) is 0 Å². The van der Waals surface area contributed by atoms with Gasteiger partial charge in [-0.1, -0.05) is 43.6 Å². The molecule has 0 fully saturated rings. The summed E-state index contributed by atoms with van der Waals surface area (Å²) < 4.78 is 0. The van der Waals surface area contributed by atoms with E-state index in [0.717, 1.165) is 5.56 Å². The van der Waals surface area contributed by atoms with Gasteiger partial charge < -0.3 is 15.7 Å². The highest BCUT2D eigenvalue weighted by Gasteiger charge is 2.22. The van der Waals surface area contributed by atoms with Gasteiger partial charge in [0.15, 0.2) is 0 Å². The fraction of sp³-hybridized carbons (Fsp3) is 0.467. The van der Waals surface area contributed by atoms with Crippen LogP contribution in [0.1, 0.15) is 38.8 Å². The van der Waals surface area contributed by atoms with Gasteiger partial charge in [0.25, 0.3) is 0 Å². The average Bonchev–Trinajstić information content (AvgIpc) is 2.37. The Kier molecular flexibility index (Phi) is 6.49. The van der Waals surface area contributed by atoms with E-state index >= 15 is 0 Å². The lowest BCUT2D eigenvalue weighted by Crippen LogP contribution is -2.47. The summed E-state index contributed by atoms with van der Waals surface area (Å²) >= 11 is 6.06. The third kappa shape index (κ3) is 5.63. The Morgan fingerprint density at radius 2 is 1.81 bits per heavy atom. The minimum Gasteiger partial charge on any atom is -0.480 e. The maximum atomic E-state index is 11.9. The largest absolute Gasteiger partial charge is 0.480 e. The molecule has 1 aromatic rings. The smallest absolute Gasteiger partial charge is 0.326 e. The van der Waals surface area contributed by atoms with Crippen LogP contribution in [0.15, 0.2) is 24.3 Å². The van der Waals surface area contributed by atoms with E-state index < -0.39 is 18.0 Å². The number of carbonyl (C=O) groups excluding carboxylic acids is 1. The van der Waals surface area contributed by atoms with Crippen LogP contribution in [0.25, 0.3) is 0 Å². The molecule has 0 bridgehead atoms. The number of urea groups is 1. The molecule has 2 amide bonds. The third-order valence-electron chi connectivity index (χ3n) is 3.03. The molecular formula is C15H21ClN2O3. The number of hydrogen-bond donors (Lipinski definition) is 3. The van der Waals surface area contributed by atoms with Gasteiger partial charge in [-0.2, -0.15) is 0 Å². The molecule has 0 aliphatic rings. The van der Waals surface area contributed by atoms with Crippen LogP contribution < -0.4 is 10.6 Å². The summed E-state index contributed by atoms with van der Waals surface area (Å²) in [6.45, 7) is 5.60. The highest BCUT2D eigenvalue weighted by Crippen LogP contribution is 2.21.